The number of hydrogen-bond donors (Lipinski definition) is 1. The summed E-state index contributed by atoms with van der Waals surface area (Å²) in [7, 11) is 0. The minimum atomic E-state index is -0.0324. The minimum Gasteiger partial charge on any atom is -0.394 e. The zero-order chi connectivity index (χ0) is 15.2. The van der Waals surface area contributed by atoms with E-state index in [0.717, 1.165) is 11.3 Å². The lowest BCUT2D eigenvalue weighted by Gasteiger charge is -2.03. The third-order valence-electron chi connectivity index (χ3n) is 2.97. The first-order chi connectivity index (χ1) is 10.9. The molecule has 22 heavy (non-hydrogen) atoms. The summed E-state index contributed by atoms with van der Waals surface area (Å²) in [6, 6.07) is 9.97. The third kappa shape index (κ3) is 3.35. The first kappa shape index (κ1) is 14.4. The molecule has 0 fully saturated rings. The second-order valence-electron chi connectivity index (χ2n) is 4.57. The molecule has 0 amide bonds. The van der Waals surface area contributed by atoms with Gasteiger partial charge in [-0.2, -0.15) is 0 Å². The van der Waals surface area contributed by atoms with Crippen LogP contribution in [0.3, 0.4) is 0 Å². The number of hydrogen-bond acceptors (Lipinski definition) is 6. The van der Waals surface area contributed by atoms with Crippen LogP contribution in [0.4, 0.5) is 0 Å². The van der Waals surface area contributed by atoms with Crippen molar-refractivity contribution in [2.75, 3.05) is 13.2 Å². The van der Waals surface area contributed by atoms with Crippen LogP contribution in [0, 0.1) is 6.20 Å². The maximum Gasteiger partial charge on any atom is 0.142 e. The predicted molar refractivity (Wildman–Crippen MR) is 76.5 cm³/mol. The molecule has 8 nitrogen and oxygen atoms in total. The van der Waals surface area contributed by atoms with Gasteiger partial charge in [0.05, 0.1) is 26.0 Å². The van der Waals surface area contributed by atoms with Gasteiger partial charge < -0.3 is 9.84 Å². The zero-order valence-electron chi connectivity index (χ0n) is 11.8. The van der Waals surface area contributed by atoms with Crippen LogP contribution in [0.5, 0.6) is 0 Å². The molecule has 0 spiro atoms. The van der Waals surface area contributed by atoms with Crippen LogP contribution in [0.1, 0.15) is 5.56 Å². The summed E-state index contributed by atoms with van der Waals surface area (Å²) in [5.74, 6) is 0. The lowest BCUT2D eigenvalue weighted by atomic mass is 10.2. The summed E-state index contributed by atoms with van der Waals surface area (Å²) in [5, 5.41) is 24.7. The van der Waals surface area contributed by atoms with Crippen LogP contribution < -0.4 is 0 Å². The fourth-order valence-corrected chi connectivity index (χ4v) is 1.96. The van der Waals surface area contributed by atoms with Crippen molar-refractivity contribution in [3.05, 3.63) is 48.3 Å². The monoisotopic (exact) mass is 299 g/mol. The average molecular weight is 299 g/mol. The number of aromatic nitrogens is 6. The van der Waals surface area contributed by atoms with Gasteiger partial charge in [0.1, 0.15) is 24.3 Å². The molecule has 0 saturated carbocycles. The van der Waals surface area contributed by atoms with Crippen molar-refractivity contribution < 1.29 is 9.84 Å². The molecule has 0 aliphatic carbocycles. The summed E-state index contributed by atoms with van der Waals surface area (Å²) in [6.07, 6.45) is 4.61. The summed E-state index contributed by atoms with van der Waals surface area (Å²) in [5.41, 5.74) is 2.40. The normalized spacial score (nSPS) is 11.0. The van der Waals surface area contributed by atoms with E-state index in [1.165, 1.54) is 4.68 Å². The van der Waals surface area contributed by atoms with E-state index in [4.69, 9.17) is 9.84 Å². The van der Waals surface area contributed by atoms with Crippen LogP contribution in [0.15, 0.2) is 36.5 Å². The van der Waals surface area contributed by atoms with E-state index in [2.05, 4.69) is 26.8 Å². The maximum atomic E-state index is 8.68. The van der Waals surface area contributed by atoms with Gasteiger partial charge in [-0.05, 0) is 5.56 Å². The highest BCUT2D eigenvalue weighted by Crippen LogP contribution is 2.15. The van der Waals surface area contributed by atoms with Gasteiger partial charge in [0.15, 0.2) is 0 Å². The van der Waals surface area contributed by atoms with Gasteiger partial charge in [-0.25, -0.2) is 9.36 Å². The smallest absolute Gasteiger partial charge is 0.142 e. The molecule has 0 aliphatic heterocycles. The van der Waals surface area contributed by atoms with Crippen molar-refractivity contribution in [1.29, 1.82) is 0 Å². The van der Waals surface area contributed by atoms with E-state index in [-0.39, 0.29) is 19.9 Å². The molecule has 0 saturated heterocycles. The minimum absolute atomic E-state index is 0.0324. The number of nitrogens with zero attached hydrogens (tertiary/aromatic N) is 6. The highest BCUT2D eigenvalue weighted by molar-refractivity contribution is 5.50. The largest absolute Gasteiger partial charge is 0.394 e. The molecular formula is C14H15N6O2. The summed E-state index contributed by atoms with van der Waals surface area (Å²) < 4.78 is 8.35. The second-order valence-corrected chi connectivity index (χ2v) is 4.57. The highest BCUT2D eigenvalue weighted by Gasteiger charge is 2.12. The number of aliphatic hydroxyl groups excluding tert-OH is 1. The highest BCUT2D eigenvalue weighted by atomic mass is 16.5. The lowest BCUT2D eigenvalue weighted by Crippen LogP contribution is -2.06. The van der Waals surface area contributed by atoms with Crippen molar-refractivity contribution in [3.8, 4) is 11.4 Å². The van der Waals surface area contributed by atoms with Gasteiger partial charge in [0.25, 0.3) is 0 Å². The molecule has 3 rings (SSSR count). The fraction of sp³-hybridized carbons (Fsp3) is 0.286. The van der Waals surface area contributed by atoms with Crippen LogP contribution in [-0.4, -0.2) is 48.3 Å². The second kappa shape index (κ2) is 6.92. The van der Waals surface area contributed by atoms with Crippen molar-refractivity contribution in [3.63, 3.8) is 0 Å². The standard InChI is InChI=1S/C14H15N6O2/c21-6-7-22-11-19-10-13(16-18-19)14-8-15-17-20(14)9-12-4-2-1-3-5-12/h1-5,8,21H,6-7,9,11H2. The fourth-order valence-electron chi connectivity index (χ4n) is 1.96. The first-order valence-corrected chi connectivity index (χ1v) is 6.81. The Bertz CT molecular complexity index is 709. The average Bonchev–Trinajstić information content (AvgIpc) is 3.18. The molecule has 1 N–H and O–H groups in total. The Labute approximate surface area is 127 Å². The van der Waals surface area contributed by atoms with Crippen LogP contribution in [-0.2, 0) is 18.0 Å². The first-order valence-electron chi connectivity index (χ1n) is 6.81. The molecule has 0 unspecified atom stereocenters. The molecule has 1 aromatic carbocycles. The van der Waals surface area contributed by atoms with Crippen LogP contribution in [0.2, 0.25) is 0 Å². The number of ether oxygens (including phenoxy) is 1. The van der Waals surface area contributed by atoms with Crippen LogP contribution >= 0.6 is 0 Å². The van der Waals surface area contributed by atoms with Gasteiger partial charge >= 0.3 is 0 Å². The van der Waals surface area contributed by atoms with E-state index in [0.29, 0.717) is 12.2 Å². The molecule has 0 atom stereocenters. The van der Waals surface area contributed by atoms with E-state index < -0.39 is 0 Å². The van der Waals surface area contributed by atoms with Gasteiger partial charge in [0.2, 0.25) is 0 Å². The maximum absolute atomic E-state index is 8.68. The Balaban J connectivity index is 1.74. The Morgan fingerprint density at radius 1 is 1.18 bits per heavy atom. The molecule has 1 radical (unpaired) electrons. The van der Waals surface area contributed by atoms with Crippen molar-refractivity contribution in [2.24, 2.45) is 0 Å². The van der Waals surface area contributed by atoms with Crippen LogP contribution in [0.25, 0.3) is 11.4 Å². The molecule has 2 aromatic heterocycles. The Hall–Kier alpha value is -2.58. The summed E-state index contributed by atoms with van der Waals surface area (Å²) in [4.78, 5) is 0. The SMILES string of the molecule is OCCOCn1[c]c(-c2cnnn2Cc2ccccc2)nn1. The molecule has 0 bridgehead atoms. The van der Waals surface area contributed by atoms with Crippen molar-refractivity contribution in [2.45, 2.75) is 13.3 Å². The van der Waals surface area contributed by atoms with E-state index in [9.17, 15) is 0 Å². The Morgan fingerprint density at radius 2 is 2.05 bits per heavy atom. The number of aliphatic hydroxyl groups is 1. The van der Waals surface area contributed by atoms with E-state index in [1.54, 1.807) is 10.9 Å². The van der Waals surface area contributed by atoms with E-state index in [1.807, 2.05) is 30.3 Å². The topological polar surface area (TPSA) is 90.9 Å². The third-order valence-corrected chi connectivity index (χ3v) is 2.97. The quantitative estimate of drug-likeness (QED) is 0.633. The Kier molecular flexibility index (Phi) is 4.52. The number of benzene rings is 1. The zero-order valence-corrected chi connectivity index (χ0v) is 11.8. The summed E-state index contributed by atoms with van der Waals surface area (Å²) in [6.45, 7) is 0.998. The van der Waals surface area contributed by atoms with Gasteiger partial charge in [-0.1, -0.05) is 40.8 Å². The Morgan fingerprint density at radius 3 is 2.86 bits per heavy atom. The van der Waals surface area contributed by atoms with Crippen molar-refractivity contribution in [1.82, 2.24) is 30.0 Å². The molecule has 8 heteroatoms. The molecular weight excluding hydrogens is 284 g/mol. The van der Waals surface area contributed by atoms with Gasteiger partial charge in [0, 0.05) is 0 Å². The molecule has 2 heterocycles. The van der Waals surface area contributed by atoms with Gasteiger partial charge in [-0.3, -0.25) is 0 Å². The van der Waals surface area contributed by atoms with E-state index >= 15 is 0 Å². The lowest BCUT2D eigenvalue weighted by molar-refractivity contribution is 0.0405. The van der Waals surface area contributed by atoms with Gasteiger partial charge in [-0.15, -0.1) is 10.2 Å². The predicted octanol–water partition coefficient (Wildman–Crippen LogP) is 0.351. The molecule has 0 aliphatic rings. The number of rotatable bonds is 7. The molecule has 3 aromatic rings. The molecule has 113 valence electrons. The van der Waals surface area contributed by atoms with Crippen molar-refractivity contribution >= 4 is 0 Å². The summed E-state index contributed by atoms with van der Waals surface area (Å²) >= 11 is 0.